The Morgan fingerprint density at radius 1 is 0.265 bits per heavy atom. The summed E-state index contributed by atoms with van der Waals surface area (Å²) in [5.74, 6) is 1.75. The third-order valence-corrected chi connectivity index (χ3v) is 14.2. The van der Waals surface area contributed by atoms with Crippen molar-refractivity contribution >= 4 is 21.9 Å². The van der Waals surface area contributed by atoms with Crippen LogP contribution in [-0.4, -0.2) is 15.0 Å². The summed E-state index contributed by atoms with van der Waals surface area (Å²) in [4.78, 5) is 16.4. The molecule has 0 saturated carbocycles. The first-order valence-corrected chi connectivity index (χ1v) is 23.2. The summed E-state index contributed by atoms with van der Waals surface area (Å²) in [5.41, 5.74) is 20.2. The minimum atomic E-state index is -0.645. The second-order valence-electron chi connectivity index (χ2n) is 17.8. The molecule has 0 aliphatic heterocycles. The Hall–Kier alpha value is -8.99. The summed E-state index contributed by atoms with van der Waals surface area (Å²) in [6.07, 6.45) is 0. The smallest absolute Gasteiger partial charge is 0.164 e. The van der Waals surface area contributed by atoms with Gasteiger partial charge in [0.05, 0.1) is 5.41 Å². The van der Waals surface area contributed by atoms with E-state index in [4.69, 9.17) is 19.4 Å². The molecular weight excluding hydrogens is 827 g/mol. The second-order valence-corrected chi connectivity index (χ2v) is 17.8. The fourth-order valence-electron chi connectivity index (χ4n) is 11.3. The minimum Gasteiger partial charge on any atom is -0.456 e. The van der Waals surface area contributed by atoms with Crippen molar-refractivity contribution in [1.82, 2.24) is 15.0 Å². The van der Waals surface area contributed by atoms with Crippen molar-refractivity contribution in [3.8, 4) is 89.8 Å². The molecule has 0 amide bonds. The van der Waals surface area contributed by atoms with E-state index in [1.807, 2.05) is 12.1 Å². The number of fused-ring (bicyclic) bond motifs is 15. The van der Waals surface area contributed by atoms with Gasteiger partial charge < -0.3 is 4.42 Å². The van der Waals surface area contributed by atoms with Crippen LogP contribution in [0.3, 0.4) is 0 Å². The fourth-order valence-corrected chi connectivity index (χ4v) is 11.3. The Morgan fingerprint density at radius 2 is 0.721 bits per heavy atom. The Balaban J connectivity index is 1.06. The lowest BCUT2D eigenvalue weighted by Gasteiger charge is -2.35. The third-order valence-electron chi connectivity index (χ3n) is 14.2. The summed E-state index contributed by atoms with van der Waals surface area (Å²) in [6, 6.07) is 84.8. The molecule has 2 aliphatic rings. The molecule has 14 rings (SSSR count). The minimum absolute atomic E-state index is 0.568. The van der Waals surface area contributed by atoms with Crippen LogP contribution >= 0.6 is 0 Å². The van der Waals surface area contributed by atoms with E-state index >= 15 is 0 Å². The molecule has 0 unspecified atom stereocenters. The normalized spacial score (nSPS) is 12.8. The van der Waals surface area contributed by atoms with Gasteiger partial charge in [0.25, 0.3) is 0 Å². The van der Waals surface area contributed by atoms with Crippen LogP contribution in [0.1, 0.15) is 22.3 Å². The maximum absolute atomic E-state index is 6.46. The lowest BCUT2D eigenvalue weighted by Crippen LogP contribution is -2.29. The largest absolute Gasteiger partial charge is 0.456 e. The van der Waals surface area contributed by atoms with Gasteiger partial charge in [-0.1, -0.05) is 200 Å². The van der Waals surface area contributed by atoms with E-state index in [9.17, 15) is 0 Å². The number of hydrogen-bond donors (Lipinski definition) is 0. The predicted octanol–water partition coefficient (Wildman–Crippen LogP) is 16.1. The third kappa shape index (κ3) is 5.71. The molecule has 4 heteroatoms. The van der Waals surface area contributed by atoms with Gasteiger partial charge in [-0.05, 0) is 114 Å². The van der Waals surface area contributed by atoms with E-state index in [1.165, 1.54) is 50.1 Å². The number of para-hydroxylation sites is 1. The quantitative estimate of drug-likeness (QED) is 0.173. The highest BCUT2D eigenvalue weighted by molar-refractivity contribution is 6.06. The lowest BCUT2D eigenvalue weighted by molar-refractivity contribution is 0.669. The molecule has 2 aliphatic carbocycles. The van der Waals surface area contributed by atoms with Crippen LogP contribution in [0.2, 0.25) is 0 Å². The zero-order valence-corrected chi connectivity index (χ0v) is 36.8. The molecule has 0 atom stereocenters. The molecule has 316 valence electrons. The molecule has 0 radical (unpaired) electrons. The summed E-state index contributed by atoms with van der Waals surface area (Å²) in [7, 11) is 0. The van der Waals surface area contributed by atoms with E-state index < -0.39 is 5.41 Å². The van der Waals surface area contributed by atoms with Gasteiger partial charge in [-0.25, -0.2) is 15.0 Å². The number of nitrogens with zero attached hydrogens (tertiary/aromatic N) is 3. The Kier molecular flexibility index (Phi) is 8.46. The average Bonchev–Trinajstić information content (AvgIpc) is 3.91. The lowest BCUT2D eigenvalue weighted by atomic mass is 9.66. The zero-order chi connectivity index (χ0) is 44.8. The van der Waals surface area contributed by atoms with Gasteiger partial charge in [-0.2, -0.15) is 0 Å². The van der Waals surface area contributed by atoms with Crippen LogP contribution in [0, 0.1) is 0 Å². The van der Waals surface area contributed by atoms with Crippen LogP contribution in [-0.2, 0) is 5.41 Å². The molecule has 10 aromatic carbocycles. The summed E-state index contributed by atoms with van der Waals surface area (Å²) in [5, 5.41) is 2.13. The average molecular weight is 866 g/mol. The van der Waals surface area contributed by atoms with Gasteiger partial charge in [0, 0.05) is 27.5 Å². The highest BCUT2D eigenvalue weighted by atomic mass is 16.3. The van der Waals surface area contributed by atoms with E-state index in [1.54, 1.807) is 0 Å². The maximum Gasteiger partial charge on any atom is 0.164 e. The molecule has 2 heterocycles. The first kappa shape index (κ1) is 38.3. The molecule has 0 bridgehead atoms. The zero-order valence-electron chi connectivity index (χ0n) is 36.8. The topological polar surface area (TPSA) is 51.8 Å². The van der Waals surface area contributed by atoms with E-state index in [0.717, 1.165) is 66.4 Å². The maximum atomic E-state index is 6.46. The molecule has 68 heavy (non-hydrogen) atoms. The molecular formula is C64H39N3O. The molecule has 0 saturated heterocycles. The van der Waals surface area contributed by atoms with Gasteiger partial charge in [-0.3, -0.25) is 0 Å². The number of rotatable bonds is 5. The number of furan rings is 1. The van der Waals surface area contributed by atoms with Gasteiger partial charge in [-0.15, -0.1) is 0 Å². The number of benzene rings is 10. The molecule has 1 spiro atoms. The number of aromatic nitrogens is 3. The monoisotopic (exact) mass is 865 g/mol. The standard InChI is InChI=1S/C64H39N3O/c1-3-18-40(19-4-1)43-36-44(41-20-5-2-6-21-41)38-45(37-43)62-65-61(42-34-35-51-50-26-12-16-33-58(50)68-59(51)39-42)66-63(67-62)53-28-17-32-57-60(53)52-27-11-15-31-56(52)64(57)54-29-13-9-24-48(54)46-22-7-8-23-47(46)49-25-10-14-30-55(49)64/h1-39H. The van der Waals surface area contributed by atoms with Crippen LogP contribution in [0.25, 0.3) is 112 Å². The summed E-state index contributed by atoms with van der Waals surface area (Å²) >= 11 is 0. The van der Waals surface area contributed by atoms with Crippen LogP contribution in [0.15, 0.2) is 241 Å². The highest BCUT2D eigenvalue weighted by Gasteiger charge is 2.50. The van der Waals surface area contributed by atoms with Gasteiger partial charge >= 0.3 is 0 Å². The number of hydrogen-bond acceptors (Lipinski definition) is 4. The Labute approximate surface area is 393 Å². The van der Waals surface area contributed by atoms with Gasteiger partial charge in [0.1, 0.15) is 11.2 Å². The van der Waals surface area contributed by atoms with Crippen molar-refractivity contribution in [2.24, 2.45) is 0 Å². The van der Waals surface area contributed by atoms with Crippen molar-refractivity contribution in [1.29, 1.82) is 0 Å². The second kappa shape index (κ2) is 15.0. The Bertz CT molecular complexity index is 3860. The highest BCUT2D eigenvalue weighted by Crippen LogP contribution is 2.62. The van der Waals surface area contributed by atoms with Crippen molar-refractivity contribution in [2.75, 3.05) is 0 Å². The molecule has 0 N–H and O–H groups in total. The SMILES string of the molecule is c1ccc(-c2cc(-c3ccccc3)cc(-c3nc(-c4ccc5c(c4)oc4ccccc45)nc(-c4cccc5c4-c4ccccc4C54c5ccccc5-c5ccccc5-c5ccccc54)n3)c2)cc1. The molecule has 12 aromatic rings. The van der Waals surface area contributed by atoms with Gasteiger partial charge in [0.2, 0.25) is 0 Å². The van der Waals surface area contributed by atoms with Crippen molar-refractivity contribution < 1.29 is 4.42 Å². The summed E-state index contributed by atoms with van der Waals surface area (Å²) < 4.78 is 6.46. The summed E-state index contributed by atoms with van der Waals surface area (Å²) in [6.45, 7) is 0. The fraction of sp³-hybridized carbons (Fsp3) is 0.0156. The van der Waals surface area contributed by atoms with Crippen LogP contribution < -0.4 is 0 Å². The van der Waals surface area contributed by atoms with E-state index in [2.05, 4.69) is 224 Å². The first-order chi connectivity index (χ1) is 33.7. The van der Waals surface area contributed by atoms with Crippen molar-refractivity contribution in [3.63, 3.8) is 0 Å². The van der Waals surface area contributed by atoms with Crippen LogP contribution in [0.4, 0.5) is 0 Å². The van der Waals surface area contributed by atoms with Gasteiger partial charge in [0.15, 0.2) is 17.5 Å². The van der Waals surface area contributed by atoms with E-state index in [-0.39, 0.29) is 0 Å². The molecule has 0 fully saturated rings. The van der Waals surface area contributed by atoms with Crippen LogP contribution in [0.5, 0.6) is 0 Å². The van der Waals surface area contributed by atoms with Crippen molar-refractivity contribution in [3.05, 3.63) is 259 Å². The van der Waals surface area contributed by atoms with E-state index in [0.29, 0.717) is 17.5 Å². The first-order valence-electron chi connectivity index (χ1n) is 23.2. The molecule has 4 nitrogen and oxygen atoms in total. The Morgan fingerprint density at radius 3 is 1.37 bits per heavy atom. The predicted molar refractivity (Wildman–Crippen MR) is 276 cm³/mol. The molecule has 2 aromatic heterocycles. The van der Waals surface area contributed by atoms with Crippen molar-refractivity contribution in [2.45, 2.75) is 5.41 Å².